The summed E-state index contributed by atoms with van der Waals surface area (Å²) in [6.07, 6.45) is 0.898. The third-order valence-corrected chi connectivity index (χ3v) is 4.01. The fourth-order valence-corrected chi connectivity index (χ4v) is 2.50. The van der Waals surface area contributed by atoms with Crippen molar-refractivity contribution in [1.29, 1.82) is 0 Å². The molecule has 1 aromatic carbocycles. The summed E-state index contributed by atoms with van der Waals surface area (Å²) in [4.78, 5) is 14.1. The fourth-order valence-electron chi connectivity index (χ4n) is 2.50. The largest absolute Gasteiger partial charge is 0.494 e. The lowest BCUT2D eigenvalue weighted by molar-refractivity contribution is -0.135. The van der Waals surface area contributed by atoms with Gasteiger partial charge in [0.15, 0.2) is 0 Å². The van der Waals surface area contributed by atoms with E-state index >= 15 is 0 Å². The first-order valence-electron chi connectivity index (χ1n) is 7.49. The Kier molecular flexibility index (Phi) is 5.20. The standard InChI is InChI=1S/C16H25N3O2/c1-16(2)15(20)18-8-10-19(16)9-3-11-21-14-6-4-13(12-17)5-7-14/h4-7H,3,8-12,17H2,1-2H3,(H,18,20). The summed E-state index contributed by atoms with van der Waals surface area (Å²) in [7, 11) is 0. The van der Waals surface area contributed by atoms with E-state index in [1.54, 1.807) is 0 Å². The molecule has 0 bridgehead atoms. The van der Waals surface area contributed by atoms with Crippen molar-refractivity contribution in [2.45, 2.75) is 32.4 Å². The van der Waals surface area contributed by atoms with Crippen LogP contribution in [0.15, 0.2) is 24.3 Å². The van der Waals surface area contributed by atoms with Crippen LogP contribution in [0.4, 0.5) is 0 Å². The van der Waals surface area contributed by atoms with Crippen molar-refractivity contribution in [3.63, 3.8) is 0 Å². The summed E-state index contributed by atoms with van der Waals surface area (Å²) in [5.41, 5.74) is 6.23. The molecule has 1 amide bonds. The Morgan fingerprint density at radius 3 is 2.71 bits per heavy atom. The van der Waals surface area contributed by atoms with Gasteiger partial charge in [0.1, 0.15) is 5.75 Å². The van der Waals surface area contributed by atoms with Crippen molar-refractivity contribution in [1.82, 2.24) is 10.2 Å². The van der Waals surface area contributed by atoms with E-state index in [4.69, 9.17) is 10.5 Å². The van der Waals surface area contributed by atoms with Gasteiger partial charge in [0, 0.05) is 26.2 Å². The molecule has 0 spiro atoms. The number of rotatable bonds is 6. The van der Waals surface area contributed by atoms with E-state index in [0.717, 1.165) is 37.4 Å². The van der Waals surface area contributed by atoms with Gasteiger partial charge in [0.2, 0.25) is 5.91 Å². The first-order chi connectivity index (χ1) is 10.0. The SMILES string of the molecule is CC1(C)C(=O)NCCN1CCCOc1ccc(CN)cc1. The predicted octanol–water partition coefficient (Wildman–Crippen LogP) is 1.12. The monoisotopic (exact) mass is 291 g/mol. The molecule has 0 atom stereocenters. The number of piperazine rings is 1. The summed E-state index contributed by atoms with van der Waals surface area (Å²) in [6.45, 7) is 7.61. The van der Waals surface area contributed by atoms with E-state index in [2.05, 4.69) is 10.2 Å². The molecule has 1 aromatic rings. The van der Waals surface area contributed by atoms with Gasteiger partial charge in [-0.15, -0.1) is 0 Å². The predicted molar refractivity (Wildman–Crippen MR) is 83.1 cm³/mol. The summed E-state index contributed by atoms with van der Waals surface area (Å²) in [5.74, 6) is 0.967. The van der Waals surface area contributed by atoms with Gasteiger partial charge in [-0.2, -0.15) is 0 Å². The van der Waals surface area contributed by atoms with Gasteiger partial charge in [0.05, 0.1) is 12.1 Å². The van der Waals surface area contributed by atoms with Crippen LogP contribution in [0.5, 0.6) is 5.75 Å². The Bertz CT molecular complexity index is 471. The highest BCUT2D eigenvalue weighted by molar-refractivity contribution is 5.86. The normalized spacial score (nSPS) is 18.3. The number of carbonyl (C=O) groups is 1. The number of nitrogens with zero attached hydrogens (tertiary/aromatic N) is 1. The lowest BCUT2D eigenvalue weighted by atomic mass is 9.99. The molecule has 1 aliphatic rings. The number of nitrogens with one attached hydrogen (secondary N) is 1. The number of benzene rings is 1. The second-order valence-corrected chi connectivity index (χ2v) is 5.85. The maximum Gasteiger partial charge on any atom is 0.239 e. The van der Waals surface area contributed by atoms with Crippen LogP contribution in [0.3, 0.4) is 0 Å². The lowest BCUT2D eigenvalue weighted by Crippen LogP contribution is -2.61. The molecule has 5 heteroatoms. The van der Waals surface area contributed by atoms with E-state index in [-0.39, 0.29) is 5.91 Å². The Morgan fingerprint density at radius 2 is 2.05 bits per heavy atom. The van der Waals surface area contributed by atoms with E-state index < -0.39 is 5.54 Å². The molecule has 1 fully saturated rings. The van der Waals surface area contributed by atoms with E-state index in [1.807, 2.05) is 38.1 Å². The highest BCUT2D eigenvalue weighted by Gasteiger charge is 2.36. The van der Waals surface area contributed by atoms with Crippen LogP contribution in [0.2, 0.25) is 0 Å². The zero-order valence-electron chi connectivity index (χ0n) is 12.9. The van der Waals surface area contributed by atoms with Crippen molar-refractivity contribution in [3.05, 3.63) is 29.8 Å². The summed E-state index contributed by atoms with van der Waals surface area (Å²) in [6, 6.07) is 7.85. The Morgan fingerprint density at radius 1 is 1.33 bits per heavy atom. The van der Waals surface area contributed by atoms with Gasteiger partial charge in [-0.3, -0.25) is 9.69 Å². The number of carbonyl (C=O) groups excluding carboxylic acids is 1. The van der Waals surface area contributed by atoms with Gasteiger partial charge < -0.3 is 15.8 Å². The van der Waals surface area contributed by atoms with Crippen LogP contribution in [0.25, 0.3) is 0 Å². The average Bonchev–Trinajstić information content (AvgIpc) is 2.48. The topological polar surface area (TPSA) is 67.6 Å². The minimum atomic E-state index is -0.430. The molecule has 116 valence electrons. The van der Waals surface area contributed by atoms with Crippen molar-refractivity contribution < 1.29 is 9.53 Å². The molecular formula is C16H25N3O2. The van der Waals surface area contributed by atoms with E-state index in [0.29, 0.717) is 13.2 Å². The average molecular weight is 291 g/mol. The van der Waals surface area contributed by atoms with Crippen LogP contribution >= 0.6 is 0 Å². The van der Waals surface area contributed by atoms with Gasteiger partial charge in [-0.05, 0) is 38.0 Å². The molecule has 0 aromatic heterocycles. The molecular weight excluding hydrogens is 266 g/mol. The smallest absolute Gasteiger partial charge is 0.239 e. The second-order valence-electron chi connectivity index (χ2n) is 5.85. The van der Waals surface area contributed by atoms with Crippen LogP contribution in [-0.2, 0) is 11.3 Å². The zero-order chi connectivity index (χ0) is 15.3. The fraction of sp³-hybridized carbons (Fsp3) is 0.562. The zero-order valence-corrected chi connectivity index (χ0v) is 12.9. The summed E-state index contributed by atoms with van der Waals surface area (Å²) in [5, 5.41) is 2.91. The Balaban J connectivity index is 1.75. The number of hydrogen-bond acceptors (Lipinski definition) is 4. The lowest BCUT2D eigenvalue weighted by Gasteiger charge is -2.41. The molecule has 0 unspecified atom stereocenters. The number of nitrogens with two attached hydrogens (primary N) is 1. The second kappa shape index (κ2) is 6.91. The molecule has 0 saturated carbocycles. The number of ether oxygens (including phenoxy) is 1. The first-order valence-corrected chi connectivity index (χ1v) is 7.49. The van der Waals surface area contributed by atoms with Crippen molar-refractivity contribution in [3.8, 4) is 5.75 Å². The molecule has 1 aliphatic heterocycles. The van der Waals surface area contributed by atoms with Crippen LogP contribution in [0.1, 0.15) is 25.8 Å². The third-order valence-electron chi connectivity index (χ3n) is 4.01. The molecule has 1 heterocycles. The van der Waals surface area contributed by atoms with E-state index in [9.17, 15) is 4.79 Å². The number of amides is 1. The van der Waals surface area contributed by atoms with Crippen molar-refractivity contribution >= 4 is 5.91 Å². The van der Waals surface area contributed by atoms with Crippen LogP contribution in [0, 0.1) is 0 Å². The first kappa shape index (κ1) is 15.8. The van der Waals surface area contributed by atoms with Crippen LogP contribution in [-0.4, -0.2) is 42.6 Å². The van der Waals surface area contributed by atoms with Crippen molar-refractivity contribution in [2.24, 2.45) is 5.73 Å². The summed E-state index contributed by atoms with van der Waals surface area (Å²) < 4.78 is 5.72. The highest BCUT2D eigenvalue weighted by atomic mass is 16.5. The van der Waals surface area contributed by atoms with E-state index in [1.165, 1.54) is 0 Å². The Hall–Kier alpha value is -1.59. The minimum absolute atomic E-state index is 0.104. The summed E-state index contributed by atoms with van der Waals surface area (Å²) >= 11 is 0. The highest BCUT2D eigenvalue weighted by Crippen LogP contribution is 2.18. The molecule has 21 heavy (non-hydrogen) atoms. The number of hydrogen-bond donors (Lipinski definition) is 2. The Labute approximate surface area is 126 Å². The maximum atomic E-state index is 11.8. The van der Waals surface area contributed by atoms with Crippen molar-refractivity contribution in [2.75, 3.05) is 26.2 Å². The van der Waals surface area contributed by atoms with Gasteiger partial charge >= 0.3 is 0 Å². The van der Waals surface area contributed by atoms with Gasteiger partial charge in [0.25, 0.3) is 0 Å². The molecule has 1 saturated heterocycles. The molecule has 3 N–H and O–H groups in total. The quantitative estimate of drug-likeness (QED) is 0.771. The van der Waals surface area contributed by atoms with Gasteiger partial charge in [-0.1, -0.05) is 12.1 Å². The third kappa shape index (κ3) is 3.95. The van der Waals surface area contributed by atoms with Crippen LogP contribution < -0.4 is 15.8 Å². The minimum Gasteiger partial charge on any atom is -0.494 e. The maximum absolute atomic E-state index is 11.8. The molecule has 5 nitrogen and oxygen atoms in total. The molecule has 2 rings (SSSR count). The molecule has 0 radical (unpaired) electrons. The van der Waals surface area contributed by atoms with Gasteiger partial charge in [-0.25, -0.2) is 0 Å². The molecule has 0 aliphatic carbocycles.